The molecule has 0 aliphatic heterocycles. The van der Waals surface area contributed by atoms with Gasteiger partial charge < -0.3 is 5.32 Å². The summed E-state index contributed by atoms with van der Waals surface area (Å²) in [6, 6.07) is 6.90. The summed E-state index contributed by atoms with van der Waals surface area (Å²) in [7, 11) is 0. The maximum atomic E-state index is 11.9. The normalized spacial score (nSPS) is 17.9. The highest BCUT2D eigenvalue weighted by atomic mass is 16.2. The quantitative estimate of drug-likeness (QED) is 0.854. The Morgan fingerprint density at radius 3 is 2.53 bits per heavy atom. The second-order valence-corrected chi connectivity index (χ2v) is 5.75. The average molecular weight is 260 g/mol. The fourth-order valence-electron chi connectivity index (χ4n) is 2.41. The number of hydrogen-bond acceptors (Lipinski definition) is 2. The Hall–Kier alpha value is -1.35. The highest BCUT2D eigenvalue weighted by molar-refractivity contribution is 5.81. The van der Waals surface area contributed by atoms with Gasteiger partial charge in [-0.25, -0.2) is 0 Å². The standard InChI is InChI=1S/C16H24N2O/c1-10-5-8-15(11(2)9-10)12(3)17-13(4)16(19)18-14-6-7-14/h5,8-9,12-14,17H,6-7H2,1-4H3,(H,18,19). The Balaban J connectivity index is 1.95. The van der Waals surface area contributed by atoms with Gasteiger partial charge in [0.1, 0.15) is 0 Å². The fourth-order valence-corrected chi connectivity index (χ4v) is 2.41. The summed E-state index contributed by atoms with van der Waals surface area (Å²) in [6.45, 7) is 8.26. The lowest BCUT2D eigenvalue weighted by atomic mass is 10.00. The van der Waals surface area contributed by atoms with E-state index in [0.29, 0.717) is 6.04 Å². The zero-order chi connectivity index (χ0) is 14.0. The first-order valence-electron chi connectivity index (χ1n) is 7.11. The lowest BCUT2D eigenvalue weighted by molar-refractivity contribution is -0.123. The van der Waals surface area contributed by atoms with E-state index >= 15 is 0 Å². The molecule has 2 rings (SSSR count). The number of nitrogens with one attached hydrogen (secondary N) is 2. The molecule has 1 amide bonds. The molecule has 2 N–H and O–H groups in total. The van der Waals surface area contributed by atoms with Crippen molar-refractivity contribution in [2.24, 2.45) is 0 Å². The summed E-state index contributed by atoms with van der Waals surface area (Å²) in [6.07, 6.45) is 2.26. The van der Waals surface area contributed by atoms with E-state index in [2.05, 4.69) is 49.6 Å². The largest absolute Gasteiger partial charge is 0.352 e. The van der Waals surface area contributed by atoms with Crippen LogP contribution in [0.3, 0.4) is 0 Å². The molecule has 1 aliphatic carbocycles. The van der Waals surface area contributed by atoms with Gasteiger partial charge >= 0.3 is 0 Å². The van der Waals surface area contributed by atoms with Crippen molar-refractivity contribution in [3.8, 4) is 0 Å². The molecule has 3 heteroatoms. The second-order valence-electron chi connectivity index (χ2n) is 5.75. The topological polar surface area (TPSA) is 41.1 Å². The molecule has 2 unspecified atom stereocenters. The summed E-state index contributed by atoms with van der Waals surface area (Å²) < 4.78 is 0. The molecule has 104 valence electrons. The number of carbonyl (C=O) groups is 1. The number of hydrogen-bond donors (Lipinski definition) is 2. The van der Waals surface area contributed by atoms with E-state index in [1.54, 1.807) is 0 Å². The number of amides is 1. The maximum absolute atomic E-state index is 11.9. The van der Waals surface area contributed by atoms with Crippen molar-refractivity contribution in [1.29, 1.82) is 0 Å². The van der Waals surface area contributed by atoms with Crippen LogP contribution in [0.2, 0.25) is 0 Å². The molecule has 0 spiro atoms. The van der Waals surface area contributed by atoms with Crippen molar-refractivity contribution in [3.63, 3.8) is 0 Å². The molecular formula is C16H24N2O. The Kier molecular flexibility index (Phi) is 4.25. The van der Waals surface area contributed by atoms with Crippen molar-refractivity contribution >= 4 is 5.91 Å². The van der Waals surface area contributed by atoms with E-state index in [9.17, 15) is 4.79 Å². The van der Waals surface area contributed by atoms with Crippen LogP contribution in [0.15, 0.2) is 18.2 Å². The SMILES string of the molecule is Cc1ccc(C(C)NC(C)C(=O)NC2CC2)c(C)c1. The van der Waals surface area contributed by atoms with E-state index in [1.807, 2.05) is 6.92 Å². The highest BCUT2D eigenvalue weighted by Crippen LogP contribution is 2.20. The summed E-state index contributed by atoms with van der Waals surface area (Å²) in [5.41, 5.74) is 3.81. The molecule has 0 aromatic heterocycles. The van der Waals surface area contributed by atoms with Crippen LogP contribution in [-0.2, 0) is 4.79 Å². The molecule has 2 atom stereocenters. The Morgan fingerprint density at radius 1 is 1.26 bits per heavy atom. The summed E-state index contributed by atoms with van der Waals surface area (Å²) >= 11 is 0. The van der Waals surface area contributed by atoms with Gasteiger partial charge in [-0.1, -0.05) is 23.8 Å². The van der Waals surface area contributed by atoms with Crippen molar-refractivity contribution in [2.75, 3.05) is 0 Å². The minimum absolute atomic E-state index is 0.110. The summed E-state index contributed by atoms with van der Waals surface area (Å²) in [4.78, 5) is 11.9. The van der Waals surface area contributed by atoms with Crippen molar-refractivity contribution in [1.82, 2.24) is 10.6 Å². The predicted octanol–water partition coefficient (Wildman–Crippen LogP) is 2.62. The minimum atomic E-state index is -0.156. The van der Waals surface area contributed by atoms with Crippen LogP contribution < -0.4 is 10.6 Å². The third-order valence-corrected chi connectivity index (χ3v) is 3.71. The third-order valence-electron chi connectivity index (χ3n) is 3.71. The van der Waals surface area contributed by atoms with Gasteiger partial charge in [0, 0.05) is 12.1 Å². The van der Waals surface area contributed by atoms with Crippen LogP contribution in [0.1, 0.15) is 49.4 Å². The maximum Gasteiger partial charge on any atom is 0.237 e. The van der Waals surface area contributed by atoms with Crippen LogP contribution in [0.5, 0.6) is 0 Å². The van der Waals surface area contributed by atoms with Crippen LogP contribution >= 0.6 is 0 Å². The zero-order valence-electron chi connectivity index (χ0n) is 12.3. The molecule has 3 nitrogen and oxygen atoms in total. The zero-order valence-corrected chi connectivity index (χ0v) is 12.3. The monoisotopic (exact) mass is 260 g/mol. The third kappa shape index (κ3) is 3.80. The molecular weight excluding hydrogens is 236 g/mol. The van der Waals surface area contributed by atoms with Gasteiger partial charge in [0.05, 0.1) is 6.04 Å². The van der Waals surface area contributed by atoms with Gasteiger partial charge in [-0.2, -0.15) is 0 Å². The molecule has 1 aromatic rings. The van der Waals surface area contributed by atoms with Gasteiger partial charge in [-0.05, 0) is 51.7 Å². The Bertz CT molecular complexity index is 466. The Labute approximate surface area is 115 Å². The smallest absolute Gasteiger partial charge is 0.237 e. The first-order chi connectivity index (χ1) is 8.97. The van der Waals surface area contributed by atoms with Crippen LogP contribution in [0.4, 0.5) is 0 Å². The molecule has 1 saturated carbocycles. The molecule has 1 aromatic carbocycles. The average Bonchev–Trinajstić information content (AvgIpc) is 3.12. The van der Waals surface area contributed by atoms with Gasteiger partial charge in [-0.3, -0.25) is 10.1 Å². The summed E-state index contributed by atoms with van der Waals surface area (Å²) in [5, 5.41) is 6.41. The molecule has 0 bridgehead atoms. The molecule has 1 fully saturated rings. The van der Waals surface area contributed by atoms with E-state index in [1.165, 1.54) is 16.7 Å². The van der Waals surface area contributed by atoms with Crippen LogP contribution in [0, 0.1) is 13.8 Å². The van der Waals surface area contributed by atoms with Crippen molar-refractivity contribution < 1.29 is 4.79 Å². The van der Waals surface area contributed by atoms with E-state index in [0.717, 1.165) is 12.8 Å². The minimum Gasteiger partial charge on any atom is -0.352 e. The predicted molar refractivity (Wildman–Crippen MR) is 78.1 cm³/mol. The lowest BCUT2D eigenvalue weighted by Crippen LogP contribution is -2.44. The summed E-state index contributed by atoms with van der Waals surface area (Å²) in [5.74, 6) is 0.110. The van der Waals surface area contributed by atoms with E-state index in [4.69, 9.17) is 0 Å². The fraction of sp³-hybridized carbons (Fsp3) is 0.562. The van der Waals surface area contributed by atoms with E-state index in [-0.39, 0.29) is 18.0 Å². The van der Waals surface area contributed by atoms with Crippen LogP contribution in [0.25, 0.3) is 0 Å². The second kappa shape index (κ2) is 5.74. The van der Waals surface area contributed by atoms with Gasteiger partial charge in [0.2, 0.25) is 5.91 Å². The first kappa shape index (κ1) is 14.1. The van der Waals surface area contributed by atoms with Gasteiger partial charge in [0.15, 0.2) is 0 Å². The van der Waals surface area contributed by atoms with Gasteiger partial charge in [0.25, 0.3) is 0 Å². The van der Waals surface area contributed by atoms with Crippen molar-refractivity contribution in [3.05, 3.63) is 34.9 Å². The lowest BCUT2D eigenvalue weighted by Gasteiger charge is -2.21. The Morgan fingerprint density at radius 2 is 1.95 bits per heavy atom. The number of benzene rings is 1. The van der Waals surface area contributed by atoms with Crippen molar-refractivity contribution in [2.45, 2.75) is 58.7 Å². The number of carbonyl (C=O) groups excluding carboxylic acids is 1. The van der Waals surface area contributed by atoms with Crippen LogP contribution in [-0.4, -0.2) is 18.0 Å². The first-order valence-corrected chi connectivity index (χ1v) is 7.11. The number of aryl methyl sites for hydroxylation is 2. The number of rotatable bonds is 5. The molecule has 0 radical (unpaired) electrons. The molecule has 19 heavy (non-hydrogen) atoms. The highest BCUT2D eigenvalue weighted by Gasteiger charge is 2.26. The molecule has 0 saturated heterocycles. The van der Waals surface area contributed by atoms with Gasteiger partial charge in [-0.15, -0.1) is 0 Å². The molecule has 1 aliphatic rings. The van der Waals surface area contributed by atoms with E-state index < -0.39 is 0 Å². The molecule has 0 heterocycles.